The third kappa shape index (κ3) is 4.20. The van der Waals surface area contributed by atoms with E-state index in [4.69, 9.17) is 4.74 Å². The fourth-order valence-electron chi connectivity index (χ4n) is 4.42. The fraction of sp³-hybridized carbons (Fsp3) is 0.400. The smallest absolute Gasteiger partial charge is 0.407 e. The van der Waals surface area contributed by atoms with Gasteiger partial charge in [0.25, 0.3) is 5.56 Å². The zero-order valence-electron chi connectivity index (χ0n) is 20.4. The molecule has 5 rings (SSSR count). The molecule has 1 aromatic carbocycles. The van der Waals surface area contributed by atoms with Gasteiger partial charge in [-0.1, -0.05) is 0 Å². The first-order chi connectivity index (χ1) is 16.5. The monoisotopic (exact) mass is 476 g/mol. The van der Waals surface area contributed by atoms with E-state index in [9.17, 15) is 14.7 Å². The number of rotatable bonds is 3. The van der Waals surface area contributed by atoms with E-state index in [1.165, 1.54) is 6.20 Å². The van der Waals surface area contributed by atoms with Crippen LogP contribution in [0.1, 0.15) is 45.2 Å². The first kappa shape index (κ1) is 22.8. The Morgan fingerprint density at radius 2 is 2.03 bits per heavy atom. The van der Waals surface area contributed by atoms with Crippen LogP contribution in [0.3, 0.4) is 0 Å². The molecule has 1 aliphatic carbocycles. The van der Waals surface area contributed by atoms with Crippen LogP contribution in [0.5, 0.6) is 5.75 Å². The molecule has 0 bridgehead atoms. The number of ether oxygens (including phenoxy) is 1. The average Bonchev–Trinajstić information content (AvgIpc) is 3.13. The van der Waals surface area contributed by atoms with Crippen LogP contribution in [0.15, 0.2) is 35.5 Å². The number of pyridine rings is 1. The maximum atomic E-state index is 13.1. The van der Waals surface area contributed by atoms with Gasteiger partial charge in [-0.2, -0.15) is 5.10 Å². The highest BCUT2D eigenvalue weighted by molar-refractivity contribution is 5.90. The highest BCUT2D eigenvalue weighted by Gasteiger charge is 2.34. The molecule has 10 nitrogen and oxygen atoms in total. The van der Waals surface area contributed by atoms with Gasteiger partial charge in [0.05, 0.1) is 22.0 Å². The van der Waals surface area contributed by atoms with E-state index in [1.54, 1.807) is 34.5 Å². The van der Waals surface area contributed by atoms with Crippen molar-refractivity contribution >= 4 is 27.9 Å². The van der Waals surface area contributed by atoms with E-state index in [-0.39, 0.29) is 29.0 Å². The third-order valence-electron chi connectivity index (χ3n) is 6.25. The normalized spacial score (nSPS) is 18.0. The molecular weight excluding hydrogens is 448 g/mol. The van der Waals surface area contributed by atoms with E-state index < -0.39 is 6.09 Å². The van der Waals surface area contributed by atoms with Gasteiger partial charge in [0.2, 0.25) is 0 Å². The standard InChI is InChI=1S/C25H28N6O4/c1-13-20-14(12-30(5)29-20)8-17(21(13)32)22-26-11-18-19(27-22)6-7-31(23(18)33)15-9-16(10-15)35-24(34)28-25(2,3)4/h6-8,11-12,15-16,32H,9-10H2,1-5H3,(H,28,34). The topological polar surface area (TPSA) is 124 Å². The number of hydrogen-bond donors (Lipinski definition) is 2. The number of nitrogens with one attached hydrogen (secondary N) is 1. The zero-order chi connectivity index (χ0) is 25.1. The summed E-state index contributed by atoms with van der Waals surface area (Å²) in [5, 5.41) is 19.2. The molecule has 1 saturated carbocycles. The van der Waals surface area contributed by atoms with Crippen LogP contribution in [0.25, 0.3) is 33.2 Å². The lowest BCUT2D eigenvalue weighted by atomic mass is 9.89. The number of nitrogens with zero attached hydrogens (tertiary/aromatic N) is 5. The molecule has 4 aromatic rings. The van der Waals surface area contributed by atoms with Gasteiger partial charge in [-0.05, 0) is 39.8 Å². The minimum Gasteiger partial charge on any atom is -0.507 e. The number of amides is 1. The summed E-state index contributed by atoms with van der Waals surface area (Å²) in [6, 6.07) is 3.52. The molecule has 1 amide bonds. The molecule has 2 N–H and O–H groups in total. The predicted molar refractivity (Wildman–Crippen MR) is 131 cm³/mol. The Labute approximate surface area is 201 Å². The molecule has 0 saturated heterocycles. The Morgan fingerprint density at radius 1 is 1.29 bits per heavy atom. The molecule has 0 spiro atoms. The first-order valence-corrected chi connectivity index (χ1v) is 11.5. The molecule has 0 radical (unpaired) electrons. The van der Waals surface area contributed by atoms with Crippen molar-refractivity contribution in [3.05, 3.63) is 46.6 Å². The maximum Gasteiger partial charge on any atom is 0.407 e. The van der Waals surface area contributed by atoms with Crippen molar-refractivity contribution < 1.29 is 14.6 Å². The molecule has 182 valence electrons. The number of phenolic OH excluding ortho intramolecular Hbond substituents is 1. The Bertz CT molecular complexity index is 1530. The lowest BCUT2D eigenvalue weighted by Gasteiger charge is -2.36. The average molecular weight is 477 g/mol. The lowest BCUT2D eigenvalue weighted by molar-refractivity contribution is 0.0179. The van der Waals surface area contributed by atoms with Gasteiger partial charge < -0.3 is 19.7 Å². The second-order valence-electron chi connectivity index (χ2n) is 10.2. The maximum absolute atomic E-state index is 13.1. The van der Waals surface area contributed by atoms with E-state index >= 15 is 0 Å². The molecule has 0 aliphatic heterocycles. The van der Waals surface area contributed by atoms with Crippen molar-refractivity contribution in [2.45, 2.75) is 58.2 Å². The highest BCUT2D eigenvalue weighted by atomic mass is 16.6. The van der Waals surface area contributed by atoms with Gasteiger partial charge in [0, 0.05) is 61.0 Å². The van der Waals surface area contributed by atoms with Crippen LogP contribution in [0.4, 0.5) is 4.79 Å². The summed E-state index contributed by atoms with van der Waals surface area (Å²) in [5.74, 6) is 0.405. The molecule has 3 heterocycles. The molecular formula is C25H28N6O4. The van der Waals surface area contributed by atoms with Gasteiger partial charge in [-0.3, -0.25) is 9.48 Å². The van der Waals surface area contributed by atoms with Crippen molar-refractivity contribution in [2.24, 2.45) is 7.05 Å². The van der Waals surface area contributed by atoms with Gasteiger partial charge >= 0.3 is 6.09 Å². The number of aromatic nitrogens is 5. The number of phenols is 1. The Kier molecular flexibility index (Phi) is 5.26. The summed E-state index contributed by atoms with van der Waals surface area (Å²) in [6.07, 6.45) is 5.55. The first-order valence-electron chi connectivity index (χ1n) is 11.5. The number of aryl methyl sites for hydroxylation is 2. The van der Waals surface area contributed by atoms with Crippen LogP contribution in [0, 0.1) is 6.92 Å². The minimum atomic E-state index is -0.448. The highest BCUT2D eigenvalue weighted by Crippen LogP contribution is 2.36. The summed E-state index contributed by atoms with van der Waals surface area (Å²) in [4.78, 5) is 34.1. The van der Waals surface area contributed by atoms with E-state index in [0.717, 1.165) is 10.9 Å². The van der Waals surface area contributed by atoms with Crippen molar-refractivity contribution in [1.82, 2.24) is 29.6 Å². The van der Waals surface area contributed by atoms with Crippen LogP contribution in [-0.2, 0) is 11.8 Å². The number of fused-ring (bicyclic) bond motifs is 2. The number of alkyl carbamates (subject to hydrolysis) is 1. The second kappa shape index (κ2) is 8.07. The Hall–Kier alpha value is -3.95. The van der Waals surface area contributed by atoms with E-state index in [2.05, 4.69) is 20.4 Å². The van der Waals surface area contributed by atoms with Crippen molar-refractivity contribution in [3.8, 4) is 17.1 Å². The van der Waals surface area contributed by atoms with Gasteiger partial charge in [-0.15, -0.1) is 0 Å². The van der Waals surface area contributed by atoms with Crippen molar-refractivity contribution in [1.29, 1.82) is 0 Å². The molecule has 35 heavy (non-hydrogen) atoms. The molecule has 1 fully saturated rings. The molecule has 3 aromatic heterocycles. The van der Waals surface area contributed by atoms with Crippen LogP contribution < -0.4 is 10.9 Å². The van der Waals surface area contributed by atoms with Gasteiger partial charge in [-0.25, -0.2) is 14.8 Å². The fourth-order valence-corrected chi connectivity index (χ4v) is 4.42. The number of carbonyl (C=O) groups is 1. The SMILES string of the molecule is Cc1c(O)c(-c2ncc3c(=O)n(C4CC(OC(=O)NC(C)(C)C)C4)ccc3n2)cc2cn(C)nc12. The number of aromatic hydroxyl groups is 1. The zero-order valence-corrected chi connectivity index (χ0v) is 20.4. The number of carbonyl (C=O) groups excluding carboxylic acids is 1. The summed E-state index contributed by atoms with van der Waals surface area (Å²) < 4.78 is 8.78. The van der Waals surface area contributed by atoms with Gasteiger partial charge in [0.1, 0.15) is 11.9 Å². The van der Waals surface area contributed by atoms with Crippen LogP contribution in [-0.4, -0.2) is 47.2 Å². The van der Waals surface area contributed by atoms with Crippen LogP contribution >= 0.6 is 0 Å². The quantitative estimate of drug-likeness (QED) is 0.463. The number of benzene rings is 1. The summed E-state index contributed by atoms with van der Waals surface area (Å²) in [5.41, 5.74) is 1.79. The van der Waals surface area contributed by atoms with E-state index in [1.807, 2.05) is 34.0 Å². The summed E-state index contributed by atoms with van der Waals surface area (Å²) in [7, 11) is 1.82. The summed E-state index contributed by atoms with van der Waals surface area (Å²) >= 11 is 0. The predicted octanol–water partition coefficient (Wildman–Crippen LogP) is 3.59. The Morgan fingerprint density at radius 3 is 2.74 bits per heavy atom. The number of hydrogen-bond acceptors (Lipinski definition) is 7. The third-order valence-corrected chi connectivity index (χ3v) is 6.25. The van der Waals surface area contributed by atoms with E-state index in [0.29, 0.717) is 40.7 Å². The summed E-state index contributed by atoms with van der Waals surface area (Å²) in [6.45, 7) is 7.47. The van der Waals surface area contributed by atoms with Crippen molar-refractivity contribution in [2.75, 3.05) is 0 Å². The van der Waals surface area contributed by atoms with Crippen LogP contribution in [0.2, 0.25) is 0 Å². The minimum absolute atomic E-state index is 0.0568. The largest absolute Gasteiger partial charge is 0.507 e. The molecule has 0 atom stereocenters. The second-order valence-corrected chi connectivity index (χ2v) is 10.2. The molecule has 1 aliphatic rings. The lowest BCUT2D eigenvalue weighted by Crippen LogP contribution is -2.45. The Balaban J connectivity index is 1.39. The molecule has 10 heteroatoms. The van der Waals surface area contributed by atoms with Crippen molar-refractivity contribution in [3.63, 3.8) is 0 Å². The van der Waals surface area contributed by atoms with Gasteiger partial charge in [0.15, 0.2) is 5.82 Å². The molecule has 0 unspecified atom stereocenters.